The lowest BCUT2D eigenvalue weighted by atomic mass is 9.73. The molecule has 0 saturated heterocycles. The highest BCUT2D eigenvalue weighted by molar-refractivity contribution is 8.16. The van der Waals surface area contributed by atoms with Crippen LogP contribution in [-0.2, 0) is 5.41 Å². The lowest BCUT2D eigenvalue weighted by molar-refractivity contribution is 0.627. The Kier molecular flexibility index (Phi) is 5.50. The van der Waals surface area contributed by atoms with E-state index in [2.05, 4.69) is 36.4 Å². The lowest BCUT2D eigenvalue weighted by Crippen LogP contribution is -2.25. The van der Waals surface area contributed by atoms with Gasteiger partial charge in [-0.3, -0.25) is 0 Å². The number of halogens is 2. The Balaban J connectivity index is 1.78. The Morgan fingerprint density at radius 3 is 1.22 bits per heavy atom. The van der Waals surface area contributed by atoms with Gasteiger partial charge in [-0.15, -0.1) is 0 Å². The molecule has 5 rings (SSSR count). The van der Waals surface area contributed by atoms with Gasteiger partial charge < -0.3 is 0 Å². The molecule has 1 aliphatic heterocycles. The zero-order valence-corrected chi connectivity index (χ0v) is 18.0. The van der Waals surface area contributed by atoms with Crippen molar-refractivity contribution >= 4 is 21.6 Å². The molecule has 0 atom stereocenters. The van der Waals surface area contributed by atoms with Crippen LogP contribution in [0.25, 0.3) is 9.81 Å². The van der Waals surface area contributed by atoms with Gasteiger partial charge in [-0.2, -0.15) is 0 Å². The summed E-state index contributed by atoms with van der Waals surface area (Å²) < 4.78 is 27.3. The topological polar surface area (TPSA) is 0 Å². The van der Waals surface area contributed by atoms with Crippen LogP contribution in [0.15, 0.2) is 121 Å². The van der Waals surface area contributed by atoms with Crippen molar-refractivity contribution in [3.05, 3.63) is 155 Å². The summed E-state index contributed by atoms with van der Waals surface area (Å²) in [7, 11) is 0. The first-order chi connectivity index (χ1) is 15.6. The van der Waals surface area contributed by atoms with Gasteiger partial charge in [0, 0.05) is 9.81 Å². The number of allylic oxidation sites excluding steroid dienone is 2. The number of hydrogen-bond donors (Lipinski definition) is 0. The number of hydrogen-bond acceptors (Lipinski definition) is 1. The van der Waals surface area contributed by atoms with Crippen LogP contribution in [-0.4, -0.2) is 0 Å². The fourth-order valence-corrected chi connectivity index (χ4v) is 5.31. The van der Waals surface area contributed by atoms with Crippen LogP contribution < -0.4 is 0 Å². The van der Waals surface area contributed by atoms with Crippen LogP contribution in [0.2, 0.25) is 0 Å². The van der Waals surface area contributed by atoms with Gasteiger partial charge in [0.1, 0.15) is 11.6 Å². The molecular formula is C29H20F2S. The molecule has 0 saturated carbocycles. The van der Waals surface area contributed by atoms with Crippen LogP contribution >= 0.6 is 11.8 Å². The highest BCUT2D eigenvalue weighted by Crippen LogP contribution is 2.51. The van der Waals surface area contributed by atoms with E-state index in [1.54, 1.807) is 11.8 Å². The molecule has 0 aromatic heterocycles. The average Bonchev–Trinajstić information content (AvgIpc) is 2.86. The Labute approximate surface area is 190 Å². The second-order valence-electron chi connectivity index (χ2n) is 7.73. The fourth-order valence-electron chi connectivity index (χ4n) is 4.07. The van der Waals surface area contributed by atoms with Gasteiger partial charge in [0.15, 0.2) is 0 Å². The third-order valence-corrected chi connectivity index (χ3v) is 6.84. The van der Waals surface area contributed by atoms with Gasteiger partial charge in [-0.05, 0) is 46.5 Å². The highest BCUT2D eigenvalue weighted by Gasteiger charge is 2.34. The summed E-state index contributed by atoms with van der Waals surface area (Å²) in [4.78, 5) is 2.05. The lowest BCUT2D eigenvalue weighted by Gasteiger charge is -2.34. The summed E-state index contributed by atoms with van der Waals surface area (Å²) >= 11 is 1.62. The van der Waals surface area contributed by atoms with Crippen LogP contribution in [0.5, 0.6) is 0 Å². The minimum absolute atomic E-state index is 0.262. The van der Waals surface area contributed by atoms with Crippen molar-refractivity contribution in [2.75, 3.05) is 0 Å². The first-order valence-electron chi connectivity index (χ1n) is 10.4. The normalized spacial score (nSPS) is 15.1. The van der Waals surface area contributed by atoms with Gasteiger partial charge in [0.05, 0.1) is 5.41 Å². The maximum atomic E-state index is 13.6. The Hall–Kier alpha value is -3.43. The van der Waals surface area contributed by atoms with Crippen LogP contribution in [0.4, 0.5) is 8.78 Å². The molecular weight excluding hydrogens is 418 g/mol. The predicted octanol–water partition coefficient (Wildman–Crippen LogP) is 8.08. The van der Waals surface area contributed by atoms with Crippen molar-refractivity contribution in [2.45, 2.75) is 5.41 Å². The molecule has 1 aliphatic rings. The molecule has 0 fully saturated rings. The average molecular weight is 439 g/mol. The van der Waals surface area contributed by atoms with Gasteiger partial charge in [-0.25, -0.2) is 8.78 Å². The summed E-state index contributed by atoms with van der Waals surface area (Å²) in [5.41, 5.74) is 3.62. The second-order valence-corrected chi connectivity index (χ2v) is 8.82. The summed E-state index contributed by atoms with van der Waals surface area (Å²) in [6, 6.07) is 33.9. The molecule has 3 heteroatoms. The minimum Gasteiger partial charge on any atom is -0.207 e. The Bertz CT molecular complexity index is 1170. The van der Waals surface area contributed by atoms with Crippen molar-refractivity contribution in [1.29, 1.82) is 0 Å². The predicted molar refractivity (Wildman–Crippen MR) is 130 cm³/mol. The van der Waals surface area contributed by atoms with E-state index >= 15 is 0 Å². The van der Waals surface area contributed by atoms with Crippen molar-refractivity contribution < 1.29 is 8.78 Å². The van der Waals surface area contributed by atoms with Crippen LogP contribution in [0, 0.1) is 11.6 Å². The largest absolute Gasteiger partial charge is 0.207 e. The molecule has 0 spiro atoms. The maximum Gasteiger partial charge on any atom is 0.123 e. The van der Waals surface area contributed by atoms with E-state index in [0.717, 1.165) is 32.1 Å². The van der Waals surface area contributed by atoms with Gasteiger partial charge in [0.25, 0.3) is 0 Å². The smallest absolute Gasteiger partial charge is 0.123 e. The molecule has 4 aromatic rings. The number of thioether (sulfide) groups is 1. The van der Waals surface area contributed by atoms with Crippen LogP contribution in [0.3, 0.4) is 0 Å². The first-order valence-corrected chi connectivity index (χ1v) is 11.2. The van der Waals surface area contributed by atoms with E-state index in [4.69, 9.17) is 0 Å². The summed E-state index contributed by atoms with van der Waals surface area (Å²) in [6.07, 6.45) is 4.51. The third-order valence-electron chi connectivity index (χ3n) is 5.70. The molecule has 0 nitrogen and oxygen atoms in total. The van der Waals surface area contributed by atoms with Crippen molar-refractivity contribution in [2.24, 2.45) is 0 Å². The monoisotopic (exact) mass is 438 g/mol. The van der Waals surface area contributed by atoms with Crippen molar-refractivity contribution in [3.63, 3.8) is 0 Å². The molecule has 32 heavy (non-hydrogen) atoms. The van der Waals surface area contributed by atoms with Gasteiger partial charge in [-0.1, -0.05) is 109 Å². The zero-order chi connectivity index (χ0) is 22.0. The van der Waals surface area contributed by atoms with E-state index in [0.29, 0.717) is 0 Å². The zero-order valence-electron chi connectivity index (χ0n) is 17.2. The molecule has 0 bridgehead atoms. The summed E-state index contributed by atoms with van der Waals surface area (Å²) in [6.45, 7) is 0. The van der Waals surface area contributed by atoms with E-state index in [9.17, 15) is 8.78 Å². The van der Waals surface area contributed by atoms with Gasteiger partial charge in [0.2, 0.25) is 0 Å². The highest BCUT2D eigenvalue weighted by atomic mass is 32.2. The van der Waals surface area contributed by atoms with Crippen LogP contribution in [0.1, 0.15) is 22.3 Å². The molecule has 1 heterocycles. The quantitative estimate of drug-likeness (QED) is 0.310. The summed E-state index contributed by atoms with van der Waals surface area (Å²) in [5.74, 6) is -0.524. The first kappa shape index (κ1) is 20.5. The molecule has 0 N–H and O–H groups in total. The molecule has 0 aliphatic carbocycles. The van der Waals surface area contributed by atoms with Crippen molar-refractivity contribution in [1.82, 2.24) is 0 Å². The minimum atomic E-state index is -0.527. The molecule has 0 amide bonds. The molecule has 156 valence electrons. The molecule has 0 unspecified atom stereocenters. The Morgan fingerprint density at radius 1 is 0.469 bits per heavy atom. The van der Waals surface area contributed by atoms with Crippen molar-refractivity contribution in [3.8, 4) is 0 Å². The maximum absolute atomic E-state index is 13.6. The standard InChI is InChI=1S/C29H20F2S/c30-25-15-11-21(12-16-25)27-19-29(23-7-3-1-4-8-23,24-9-5-2-6-10-24)20-28(32-27)22-13-17-26(31)18-14-22/h1-20H. The number of rotatable bonds is 4. The molecule has 0 radical (unpaired) electrons. The third kappa shape index (κ3) is 3.92. The molecule has 4 aromatic carbocycles. The fraction of sp³-hybridized carbons (Fsp3) is 0.0345. The van der Waals surface area contributed by atoms with Gasteiger partial charge >= 0.3 is 0 Å². The van der Waals surface area contributed by atoms with E-state index < -0.39 is 5.41 Å². The van der Waals surface area contributed by atoms with E-state index in [1.165, 1.54) is 24.3 Å². The summed E-state index contributed by atoms with van der Waals surface area (Å²) in [5, 5.41) is 0. The SMILES string of the molecule is Fc1ccc(C2=CC(c3ccccc3)(c3ccccc3)C=C(c3ccc(F)cc3)S2)cc1. The van der Waals surface area contributed by atoms with E-state index in [1.807, 2.05) is 60.7 Å². The number of benzene rings is 4. The Morgan fingerprint density at radius 2 is 0.844 bits per heavy atom. The van der Waals surface area contributed by atoms with E-state index in [-0.39, 0.29) is 11.6 Å². The second kappa shape index (κ2) is 8.60.